The van der Waals surface area contributed by atoms with Crippen LogP contribution >= 0.6 is 11.3 Å². The highest BCUT2D eigenvalue weighted by atomic mass is 32.1. The number of nitrogens with two attached hydrogens (primary N) is 1. The van der Waals surface area contributed by atoms with E-state index in [0.29, 0.717) is 11.7 Å². The van der Waals surface area contributed by atoms with Crippen molar-refractivity contribution in [3.8, 4) is 0 Å². The van der Waals surface area contributed by atoms with Gasteiger partial charge in [-0.1, -0.05) is 12.1 Å². The maximum absolute atomic E-state index is 6.02. The molecule has 0 aliphatic heterocycles. The van der Waals surface area contributed by atoms with Crippen LogP contribution in [0.5, 0.6) is 0 Å². The molecule has 2 rings (SSSR count). The number of nitrogens with zero attached hydrogens (tertiary/aromatic N) is 2. The zero-order valence-electron chi connectivity index (χ0n) is 8.73. The Bertz CT molecular complexity index is 449. The maximum atomic E-state index is 6.02. The van der Waals surface area contributed by atoms with Gasteiger partial charge in [-0.25, -0.2) is 0 Å². The second kappa shape index (κ2) is 4.12. The van der Waals surface area contributed by atoms with Crippen molar-refractivity contribution in [3.05, 3.63) is 33.6 Å². The average Bonchev–Trinajstić information content (AvgIpc) is 2.84. The van der Waals surface area contributed by atoms with Gasteiger partial charge in [0.2, 0.25) is 5.89 Å². The van der Waals surface area contributed by atoms with E-state index >= 15 is 0 Å². The first kappa shape index (κ1) is 10.3. The first-order chi connectivity index (χ1) is 7.20. The predicted molar refractivity (Wildman–Crippen MR) is 58.8 cm³/mol. The van der Waals surface area contributed by atoms with E-state index in [4.69, 9.17) is 10.3 Å². The smallest absolute Gasteiger partial charge is 0.223 e. The lowest BCUT2D eigenvalue weighted by molar-refractivity contribution is 0.385. The number of hydrogen-bond acceptors (Lipinski definition) is 5. The van der Waals surface area contributed by atoms with Crippen molar-refractivity contribution in [3.63, 3.8) is 0 Å². The minimum absolute atomic E-state index is 0.271. The highest BCUT2D eigenvalue weighted by Gasteiger charge is 2.16. The van der Waals surface area contributed by atoms with Crippen molar-refractivity contribution < 1.29 is 4.52 Å². The van der Waals surface area contributed by atoms with Crippen LogP contribution in [-0.2, 0) is 6.42 Å². The third-order valence-corrected chi connectivity index (χ3v) is 3.47. The van der Waals surface area contributed by atoms with Gasteiger partial charge in [-0.05, 0) is 18.6 Å². The second-order valence-electron chi connectivity index (χ2n) is 3.31. The topological polar surface area (TPSA) is 64.9 Å². The molecule has 0 aliphatic carbocycles. The molecule has 2 aromatic heterocycles. The Morgan fingerprint density at radius 3 is 2.87 bits per heavy atom. The zero-order chi connectivity index (χ0) is 10.8. The summed E-state index contributed by atoms with van der Waals surface area (Å²) in [6.45, 7) is 3.88. The van der Waals surface area contributed by atoms with E-state index in [1.165, 1.54) is 4.88 Å². The molecule has 0 aliphatic rings. The summed E-state index contributed by atoms with van der Waals surface area (Å²) in [6.07, 6.45) is 1.03. The van der Waals surface area contributed by atoms with Gasteiger partial charge in [0.15, 0.2) is 5.82 Å². The van der Waals surface area contributed by atoms with Crippen LogP contribution in [0.3, 0.4) is 0 Å². The molecular formula is C10H13N3OS. The minimum atomic E-state index is -0.271. The van der Waals surface area contributed by atoms with Gasteiger partial charge in [-0.2, -0.15) is 4.98 Å². The molecule has 0 aromatic carbocycles. The SMILES string of the molecule is CCc1ccc(C(N)c2noc(C)n2)s1. The molecular weight excluding hydrogens is 210 g/mol. The molecule has 5 heteroatoms. The number of aromatic nitrogens is 2. The molecule has 0 fully saturated rings. The third kappa shape index (κ3) is 2.08. The summed E-state index contributed by atoms with van der Waals surface area (Å²) >= 11 is 1.70. The summed E-state index contributed by atoms with van der Waals surface area (Å²) in [4.78, 5) is 6.52. The monoisotopic (exact) mass is 223 g/mol. The van der Waals surface area contributed by atoms with Crippen LogP contribution < -0.4 is 5.73 Å². The Hall–Kier alpha value is -1.20. The Morgan fingerprint density at radius 1 is 1.53 bits per heavy atom. The quantitative estimate of drug-likeness (QED) is 0.864. The van der Waals surface area contributed by atoms with Crippen molar-refractivity contribution in [2.75, 3.05) is 0 Å². The Kier molecular flexibility index (Phi) is 2.83. The molecule has 4 nitrogen and oxygen atoms in total. The van der Waals surface area contributed by atoms with E-state index in [9.17, 15) is 0 Å². The minimum Gasteiger partial charge on any atom is -0.340 e. The Labute approximate surface area is 92.1 Å². The van der Waals surface area contributed by atoms with Crippen molar-refractivity contribution in [1.29, 1.82) is 0 Å². The summed E-state index contributed by atoms with van der Waals surface area (Å²) < 4.78 is 4.90. The van der Waals surface area contributed by atoms with Crippen LogP contribution in [0.15, 0.2) is 16.7 Å². The molecule has 0 amide bonds. The normalized spacial score (nSPS) is 13.0. The summed E-state index contributed by atoms with van der Waals surface area (Å²) in [6, 6.07) is 3.85. The lowest BCUT2D eigenvalue weighted by Gasteiger charge is -2.02. The van der Waals surface area contributed by atoms with Gasteiger partial charge in [0.1, 0.15) is 6.04 Å². The van der Waals surface area contributed by atoms with Crippen LogP contribution in [0.25, 0.3) is 0 Å². The van der Waals surface area contributed by atoms with Gasteiger partial charge >= 0.3 is 0 Å². The van der Waals surface area contributed by atoms with E-state index in [1.807, 2.05) is 6.07 Å². The number of hydrogen-bond donors (Lipinski definition) is 1. The molecule has 0 saturated heterocycles. The Morgan fingerprint density at radius 2 is 2.33 bits per heavy atom. The molecule has 15 heavy (non-hydrogen) atoms. The number of rotatable bonds is 3. The van der Waals surface area contributed by atoms with Gasteiger partial charge in [0.05, 0.1) is 0 Å². The fourth-order valence-electron chi connectivity index (χ4n) is 1.32. The standard InChI is InChI=1S/C10H13N3OS/c1-3-7-4-5-8(15-7)9(11)10-12-6(2)14-13-10/h4-5,9H,3,11H2,1-2H3. The van der Waals surface area contributed by atoms with E-state index in [-0.39, 0.29) is 6.04 Å². The summed E-state index contributed by atoms with van der Waals surface area (Å²) in [7, 11) is 0. The Balaban J connectivity index is 2.23. The fourth-order valence-corrected chi connectivity index (χ4v) is 2.27. The van der Waals surface area contributed by atoms with Crippen LogP contribution in [0.2, 0.25) is 0 Å². The largest absolute Gasteiger partial charge is 0.340 e. The summed E-state index contributed by atoms with van der Waals surface area (Å²) in [5.41, 5.74) is 6.02. The molecule has 0 radical (unpaired) electrons. The van der Waals surface area contributed by atoms with Gasteiger partial charge < -0.3 is 10.3 Å². The lowest BCUT2D eigenvalue weighted by Crippen LogP contribution is -2.11. The van der Waals surface area contributed by atoms with E-state index in [2.05, 4.69) is 23.1 Å². The zero-order valence-corrected chi connectivity index (χ0v) is 9.54. The fraction of sp³-hybridized carbons (Fsp3) is 0.400. The highest BCUT2D eigenvalue weighted by molar-refractivity contribution is 7.12. The maximum Gasteiger partial charge on any atom is 0.223 e. The molecule has 2 aromatic rings. The van der Waals surface area contributed by atoms with E-state index < -0.39 is 0 Å². The predicted octanol–water partition coefficient (Wildman–Crippen LogP) is 2.05. The van der Waals surface area contributed by atoms with Crippen LogP contribution in [-0.4, -0.2) is 10.1 Å². The van der Waals surface area contributed by atoms with Crippen molar-refractivity contribution in [2.24, 2.45) is 5.73 Å². The van der Waals surface area contributed by atoms with Gasteiger partial charge in [0, 0.05) is 16.7 Å². The second-order valence-corrected chi connectivity index (χ2v) is 4.51. The molecule has 2 N–H and O–H groups in total. The van der Waals surface area contributed by atoms with Gasteiger partial charge in [0.25, 0.3) is 0 Å². The van der Waals surface area contributed by atoms with Gasteiger partial charge in [-0.15, -0.1) is 11.3 Å². The summed E-state index contributed by atoms with van der Waals surface area (Å²) in [5, 5.41) is 3.82. The third-order valence-electron chi connectivity index (χ3n) is 2.16. The molecule has 0 bridgehead atoms. The molecule has 1 atom stereocenters. The van der Waals surface area contributed by atoms with Crippen molar-refractivity contribution >= 4 is 11.3 Å². The molecule has 1 unspecified atom stereocenters. The number of aryl methyl sites for hydroxylation is 2. The summed E-state index contributed by atoms with van der Waals surface area (Å²) in [5.74, 6) is 1.10. The molecule has 0 saturated carbocycles. The van der Waals surface area contributed by atoms with Gasteiger partial charge in [-0.3, -0.25) is 0 Å². The highest BCUT2D eigenvalue weighted by Crippen LogP contribution is 2.25. The number of thiophene rings is 1. The molecule has 2 heterocycles. The molecule has 80 valence electrons. The van der Waals surface area contributed by atoms with E-state index in [0.717, 1.165) is 11.3 Å². The van der Waals surface area contributed by atoms with Crippen molar-refractivity contribution in [1.82, 2.24) is 10.1 Å². The van der Waals surface area contributed by atoms with Crippen LogP contribution in [0.1, 0.15) is 34.4 Å². The lowest BCUT2D eigenvalue weighted by atomic mass is 10.2. The van der Waals surface area contributed by atoms with Crippen LogP contribution in [0.4, 0.5) is 0 Å². The first-order valence-corrected chi connectivity index (χ1v) is 5.66. The van der Waals surface area contributed by atoms with E-state index in [1.54, 1.807) is 18.3 Å². The molecule has 0 spiro atoms. The first-order valence-electron chi connectivity index (χ1n) is 4.85. The van der Waals surface area contributed by atoms with Crippen molar-refractivity contribution in [2.45, 2.75) is 26.3 Å². The van der Waals surface area contributed by atoms with Crippen LogP contribution in [0, 0.1) is 6.92 Å². The average molecular weight is 223 g/mol.